The van der Waals surface area contributed by atoms with Gasteiger partial charge in [-0.15, -0.1) is 0 Å². The Morgan fingerprint density at radius 2 is 1.68 bits per heavy atom. The Morgan fingerprint density at radius 1 is 0.903 bits per heavy atom. The maximum atomic E-state index is 5.80. The number of rotatable bonds is 5. The van der Waals surface area contributed by atoms with Crippen LogP contribution in [0.3, 0.4) is 0 Å². The lowest BCUT2D eigenvalue weighted by atomic mass is 10.0. The summed E-state index contributed by atoms with van der Waals surface area (Å²) in [6, 6.07) is 24.6. The van der Waals surface area contributed by atoms with Crippen molar-refractivity contribution in [3.8, 4) is 5.69 Å². The number of hydrogen-bond donors (Lipinski definition) is 1. The van der Waals surface area contributed by atoms with Crippen LogP contribution in [-0.4, -0.2) is 24.5 Å². The third-order valence-corrected chi connectivity index (χ3v) is 6.07. The molecule has 154 valence electrons. The van der Waals surface area contributed by atoms with Crippen molar-refractivity contribution in [2.24, 2.45) is 0 Å². The molecule has 5 rings (SSSR count). The first-order chi connectivity index (χ1) is 15.2. The highest BCUT2D eigenvalue weighted by Crippen LogP contribution is 2.40. The van der Waals surface area contributed by atoms with Gasteiger partial charge >= 0.3 is 0 Å². The second kappa shape index (κ2) is 8.32. The molecule has 1 aromatic carbocycles. The zero-order chi connectivity index (χ0) is 21.2. The lowest BCUT2D eigenvalue weighted by molar-refractivity contribution is 0.299. The van der Waals surface area contributed by atoms with Crippen molar-refractivity contribution in [1.82, 2.24) is 24.8 Å². The average molecular weight is 426 g/mol. The van der Waals surface area contributed by atoms with E-state index in [4.69, 9.17) is 12.2 Å². The van der Waals surface area contributed by atoms with E-state index >= 15 is 0 Å². The molecular weight excluding hydrogens is 402 g/mol. The van der Waals surface area contributed by atoms with Gasteiger partial charge in [0.2, 0.25) is 0 Å². The Labute approximate surface area is 187 Å². The highest BCUT2D eigenvalue weighted by atomic mass is 32.1. The molecule has 6 heteroatoms. The third-order valence-electron chi connectivity index (χ3n) is 5.71. The van der Waals surface area contributed by atoms with Gasteiger partial charge < -0.3 is 14.8 Å². The topological polar surface area (TPSA) is 46.0 Å². The second-order valence-electron chi connectivity index (χ2n) is 7.67. The molecular formula is C25H23N5S. The first-order valence-electron chi connectivity index (χ1n) is 10.3. The SMILES string of the molecule is Cc1ccccc1-n1cccc1[C@H]1[C@@H](c2ccccn2)NC(=S)N1Cc1ccccn1. The number of aryl methyl sites for hydroxylation is 1. The summed E-state index contributed by atoms with van der Waals surface area (Å²) < 4.78 is 2.26. The molecule has 0 saturated carbocycles. The van der Waals surface area contributed by atoms with Gasteiger partial charge in [0, 0.05) is 30.0 Å². The fourth-order valence-electron chi connectivity index (χ4n) is 4.25. The van der Waals surface area contributed by atoms with Gasteiger partial charge in [-0.3, -0.25) is 9.97 Å². The zero-order valence-corrected chi connectivity index (χ0v) is 18.0. The van der Waals surface area contributed by atoms with Crippen LogP contribution in [0.15, 0.2) is 91.4 Å². The van der Waals surface area contributed by atoms with Crippen LogP contribution in [0.5, 0.6) is 0 Å². The number of hydrogen-bond acceptors (Lipinski definition) is 3. The molecule has 1 aliphatic rings. The Kier molecular flexibility index (Phi) is 5.22. The van der Waals surface area contributed by atoms with E-state index in [-0.39, 0.29) is 12.1 Å². The van der Waals surface area contributed by atoms with Crippen molar-refractivity contribution in [3.63, 3.8) is 0 Å². The van der Waals surface area contributed by atoms with E-state index in [1.807, 2.05) is 42.7 Å². The predicted molar refractivity (Wildman–Crippen MR) is 126 cm³/mol. The fraction of sp³-hybridized carbons (Fsp3) is 0.160. The minimum absolute atomic E-state index is 0.0287. The molecule has 0 spiro atoms. The molecule has 0 aliphatic carbocycles. The number of thiocarbonyl (C=S) groups is 1. The second-order valence-corrected chi connectivity index (χ2v) is 8.05. The number of nitrogens with one attached hydrogen (secondary N) is 1. The highest BCUT2D eigenvalue weighted by Gasteiger charge is 2.41. The molecule has 3 aromatic heterocycles. The molecule has 4 aromatic rings. The summed E-state index contributed by atoms with van der Waals surface area (Å²) in [6.45, 7) is 2.76. The number of aromatic nitrogens is 3. The van der Waals surface area contributed by atoms with E-state index in [0.717, 1.165) is 22.8 Å². The summed E-state index contributed by atoms with van der Waals surface area (Å²) in [5, 5.41) is 4.24. The Hall–Kier alpha value is -3.51. The standard InChI is InChI=1S/C25H23N5S/c1-18-9-2-3-12-21(18)29-16-8-13-22(29)24-23(20-11-5-7-15-27-20)28-25(31)30(24)17-19-10-4-6-14-26-19/h2-16,23-24H,17H2,1H3,(H,28,31)/t23-,24+/m1/s1. The van der Waals surface area contributed by atoms with Crippen molar-refractivity contribution < 1.29 is 0 Å². The summed E-state index contributed by atoms with van der Waals surface area (Å²) >= 11 is 5.80. The molecule has 0 amide bonds. The predicted octanol–water partition coefficient (Wildman–Crippen LogP) is 4.75. The lowest BCUT2D eigenvalue weighted by Crippen LogP contribution is -2.30. The normalized spacial score (nSPS) is 18.2. The molecule has 5 nitrogen and oxygen atoms in total. The van der Waals surface area contributed by atoms with Crippen molar-refractivity contribution in [3.05, 3.63) is 114 Å². The summed E-state index contributed by atoms with van der Waals surface area (Å²) in [4.78, 5) is 11.4. The van der Waals surface area contributed by atoms with E-state index in [9.17, 15) is 0 Å². The van der Waals surface area contributed by atoms with Gasteiger partial charge in [0.1, 0.15) is 0 Å². The third kappa shape index (κ3) is 3.70. The first-order valence-corrected chi connectivity index (χ1v) is 10.7. The van der Waals surface area contributed by atoms with Crippen molar-refractivity contribution in [2.45, 2.75) is 25.6 Å². The minimum Gasteiger partial charge on any atom is -0.352 e. The van der Waals surface area contributed by atoms with Crippen molar-refractivity contribution in [2.75, 3.05) is 0 Å². The van der Waals surface area contributed by atoms with Crippen molar-refractivity contribution in [1.29, 1.82) is 0 Å². The van der Waals surface area contributed by atoms with E-state index in [2.05, 4.69) is 80.3 Å². The Bertz CT molecular complexity index is 1190. The maximum Gasteiger partial charge on any atom is 0.170 e. The Balaban J connectivity index is 1.62. The van der Waals surface area contributed by atoms with Gasteiger partial charge in [0.15, 0.2) is 5.11 Å². The molecule has 2 atom stereocenters. The largest absolute Gasteiger partial charge is 0.352 e. The number of nitrogens with zero attached hydrogens (tertiary/aromatic N) is 4. The van der Waals surface area contributed by atoms with Crippen LogP contribution in [0.25, 0.3) is 5.69 Å². The van der Waals surface area contributed by atoms with Gasteiger partial charge in [0.05, 0.1) is 30.0 Å². The van der Waals surface area contributed by atoms with E-state index in [0.29, 0.717) is 11.7 Å². The molecule has 1 N–H and O–H groups in total. The fourth-order valence-corrected chi connectivity index (χ4v) is 4.56. The first kappa shape index (κ1) is 19.5. The molecule has 1 aliphatic heterocycles. The molecule has 0 bridgehead atoms. The number of benzene rings is 1. The van der Waals surface area contributed by atoms with Crippen LogP contribution >= 0.6 is 12.2 Å². The van der Waals surface area contributed by atoms with Crippen LogP contribution < -0.4 is 5.32 Å². The van der Waals surface area contributed by atoms with E-state index in [1.54, 1.807) is 0 Å². The van der Waals surface area contributed by atoms with Crippen LogP contribution in [-0.2, 0) is 6.54 Å². The molecule has 4 heterocycles. The van der Waals surface area contributed by atoms with E-state index < -0.39 is 0 Å². The van der Waals surface area contributed by atoms with Gasteiger partial charge in [-0.05, 0) is 67.2 Å². The summed E-state index contributed by atoms with van der Waals surface area (Å²) in [6.07, 6.45) is 5.77. The Morgan fingerprint density at radius 3 is 2.42 bits per heavy atom. The maximum absolute atomic E-state index is 5.80. The summed E-state index contributed by atoms with van der Waals surface area (Å²) in [5.41, 5.74) is 5.49. The molecule has 0 radical (unpaired) electrons. The van der Waals surface area contributed by atoms with Gasteiger partial charge in [-0.1, -0.05) is 30.3 Å². The van der Waals surface area contributed by atoms with Gasteiger partial charge in [0.25, 0.3) is 0 Å². The molecule has 1 fully saturated rings. The van der Waals surface area contributed by atoms with Gasteiger partial charge in [-0.25, -0.2) is 0 Å². The zero-order valence-electron chi connectivity index (χ0n) is 17.2. The summed E-state index contributed by atoms with van der Waals surface area (Å²) in [7, 11) is 0. The molecule has 0 unspecified atom stereocenters. The number of para-hydroxylation sites is 1. The smallest absolute Gasteiger partial charge is 0.170 e. The highest BCUT2D eigenvalue weighted by molar-refractivity contribution is 7.80. The average Bonchev–Trinajstić information content (AvgIpc) is 3.40. The van der Waals surface area contributed by atoms with E-state index in [1.165, 1.54) is 5.56 Å². The van der Waals surface area contributed by atoms with Crippen molar-refractivity contribution >= 4 is 17.3 Å². The van der Waals surface area contributed by atoms with Crippen LogP contribution in [0, 0.1) is 6.92 Å². The van der Waals surface area contributed by atoms with Crippen LogP contribution in [0.2, 0.25) is 0 Å². The van der Waals surface area contributed by atoms with Gasteiger partial charge in [-0.2, -0.15) is 0 Å². The molecule has 31 heavy (non-hydrogen) atoms. The lowest BCUT2D eigenvalue weighted by Gasteiger charge is -2.29. The van der Waals surface area contributed by atoms with Crippen LogP contribution in [0.1, 0.15) is 34.7 Å². The molecule has 1 saturated heterocycles. The van der Waals surface area contributed by atoms with Crippen LogP contribution in [0.4, 0.5) is 0 Å². The minimum atomic E-state index is -0.0601. The summed E-state index contributed by atoms with van der Waals surface area (Å²) in [5.74, 6) is 0. The number of pyridine rings is 2. The monoisotopic (exact) mass is 425 g/mol. The quantitative estimate of drug-likeness (QED) is 0.468.